The van der Waals surface area contributed by atoms with Gasteiger partial charge in [-0.05, 0) is 43.5 Å². The minimum atomic E-state index is -0.522. The molecule has 10 heteroatoms. The van der Waals surface area contributed by atoms with E-state index < -0.39 is 6.03 Å². The molecule has 0 radical (unpaired) electrons. The van der Waals surface area contributed by atoms with Gasteiger partial charge in [0.05, 0.1) is 18.9 Å². The van der Waals surface area contributed by atoms with Crippen LogP contribution in [0, 0.1) is 6.57 Å². The molecule has 9 nitrogen and oxygen atoms in total. The molecule has 1 aliphatic rings. The molecule has 2 aromatic rings. The molecular weight excluding hydrogens is 456 g/mol. The van der Waals surface area contributed by atoms with Crippen LogP contribution >= 0.6 is 11.6 Å². The lowest BCUT2D eigenvalue weighted by molar-refractivity contribution is 0.231. The zero-order valence-corrected chi connectivity index (χ0v) is 19.0. The van der Waals surface area contributed by atoms with Crippen molar-refractivity contribution in [2.75, 3.05) is 23.8 Å². The number of nitrogens with zero attached hydrogens (tertiary/aromatic N) is 2. The zero-order valence-electron chi connectivity index (χ0n) is 18.2. The lowest BCUT2D eigenvalue weighted by Gasteiger charge is -2.22. The van der Waals surface area contributed by atoms with Gasteiger partial charge in [-0.25, -0.2) is 14.4 Å². The van der Waals surface area contributed by atoms with Gasteiger partial charge in [-0.3, -0.25) is 10.3 Å². The Morgan fingerprint density at radius 2 is 1.91 bits per heavy atom. The number of carbonyl (C=O) groups is 2. The quantitative estimate of drug-likeness (QED) is 0.272. The number of nitrogens with one attached hydrogen (secondary N) is 4. The van der Waals surface area contributed by atoms with E-state index in [1.807, 2.05) is 0 Å². The molecule has 4 N–H and O–H groups in total. The van der Waals surface area contributed by atoms with Gasteiger partial charge in [0.25, 0.3) is 0 Å². The van der Waals surface area contributed by atoms with Crippen LogP contribution in [0.15, 0.2) is 36.5 Å². The van der Waals surface area contributed by atoms with Gasteiger partial charge in [-0.2, -0.15) is 0 Å². The molecule has 0 bridgehead atoms. The molecule has 34 heavy (non-hydrogen) atoms. The number of pyridine rings is 1. The molecule has 0 aliphatic heterocycles. The number of hydrogen-bond acceptors (Lipinski definition) is 4. The fraction of sp³-hybridized carbons (Fsp3) is 0.417. The van der Waals surface area contributed by atoms with Crippen LogP contribution in [0.3, 0.4) is 0 Å². The predicted octanol–water partition coefficient (Wildman–Crippen LogP) is 5.97. The number of urea groups is 2. The number of hydrogen-bond donors (Lipinski definition) is 4. The molecule has 0 atom stereocenters. The van der Waals surface area contributed by atoms with Gasteiger partial charge in [0.1, 0.15) is 11.6 Å². The second-order valence-electron chi connectivity index (χ2n) is 7.67. The minimum absolute atomic E-state index is 0. The van der Waals surface area contributed by atoms with E-state index >= 15 is 0 Å². The summed E-state index contributed by atoms with van der Waals surface area (Å²) in [5.41, 5.74) is 0.785. The van der Waals surface area contributed by atoms with Gasteiger partial charge < -0.3 is 20.7 Å². The highest BCUT2D eigenvalue weighted by atomic mass is 35.5. The number of aromatic nitrogens is 1. The number of ether oxygens (including phenoxy) is 1. The third kappa shape index (κ3) is 8.79. The van der Waals surface area contributed by atoms with Crippen LogP contribution in [0.5, 0.6) is 5.75 Å². The van der Waals surface area contributed by atoms with Crippen molar-refractivity contribution in [1.29, 1.82) is 0 Å². The molecule has 182 valence electrons. The first-order valence-corrected chi connectivity index (χ1v) is 11.3. The fourth-order valence-electron chi connectivity index (χ4n) is 3.46. The molecule has 1 heterocycles. The Morgan fingerprint density at radius 1 is 1.12 bits per heavy atom. The van der Waals surface area contributed by atoms with Crippen molar-refractivity contribution < 1.29 is 14.3 Å². The summed E-state index contributed by atoms with van der Waals surface area (Å²) in [7, 11) is 0. The van der Waals surface area contributed by atoms with E-state index in [0.717, 1.165) is 12.8 Å². The van der Waals surface area contributed by atoms with Crippen molar-refractivity contribution in [2.24, 2.45) is 0 Å². The Morgan fingerprint density at radius 3 is 2.62 bits per heavy atom. The van der Waals surface area contributed by atoms with Crippen LogP contribution in [-0.4, -0.2) is 36.2 Å². The summed E-state index contributed by atoms with van der Waals surface area (Å²) in [4.78, 5) is 31.6. The van der Waals surface area contributed by atoms with Crippen LogP contribution in [0.4, 0.5) is 26.8 Å². The zero-order chi connectivity index (χ0) is 23.5. The second kappa shape index (κ2) is 13.9. The van der Waals surface area contributed by atoms with Crippen molar-refractivity contribution in [3.63, 3.8) is 0 Å². The summed E-state index contributed by atoms with van der Waals surface area (Å²) < 4.78 is 5.78. The van der Waals surface area contributed by atoms with Crippen LogP contribution in [0.25, 0.3) is 4.85 Å². The normalized spacial score (nSPS) is 13.1. The minimum Gasteiger partial charge on any atom is -0.491 e. The average Bonchev–Trinajstić information content (AvgIpc) is 2.81. The molecule has 1 aromatic heterocycles. The summed E-state index contributed by atoms with van der Waals surface area (Å²) in [5.74, 6) is 0.763. The van der Waals surface area contributed by atoms with Crippen LogP contribution < -0.4 is 26.0 Å². The molecule has 1 aliphatic carbocycles. The number of halogens is 1. The molecule has 0 unspecified atom stereocenters. The first-order chi connectivity index (χ1) is 16.0. The van der Waals surface area contributed by atoms with E-state index in [9.17, 15) is 9.59 Å². The third-order valence-electron chi connectivity index (χ3n) is 5.11. The van der Waals surface area contributed by atoms with Crippen molar-refractivity contribution in [1.82, 2.24) is 15.6 Å². The average molecular weight is 487 g/mol. The van der Waals surface area contributed by atoms with E-state index in [1.165, 1.54) is 25.5 Å². The predicted molar refractivity (Wildman–Crippen MR) is 135 cm³/mol. The Kier molecular flexibility index (Phi) is 10.9. The number of rotatable bonds is 8. The first-order valence-electron chi connectivity index (χ1n) is 10.9. The van der Waals surface area contributed by atoms with Crippen molar-refractivity contribution in [2.45, 2.75) is 52.0 Å². The fourth-order valence-corrected chi connectivity index (χ4v) is 3.63. The van der Waals surface area contributed by atoms with Crippen LogP contribution in [0.2, 0.25) is 5.02 Å². The number of benzene rings is 1. The van der Waals surface area contributed by atoms with Gasteiger partial charge in [0.2, 0.25) is 5.69 Å². The molecule has 1 aromatic carbocycles. The maximum Gasteiger partial charge on any atom is 0.324 e. The Balaban J connectivity index is 0.00000408. The largest absolute Gasteiger partial charge is 0.491 e. The maximum absolute atomic E-state index is 12.3. The van der Waals surface area contributed by atoms with E-state index in [1.54, 1.807) is 30.3 Å². The number of carbonyl (C=O) groups excluding carboxylic acids is 2. The van der Waals surface area contributed by atoms with E-state index in [4.69, 9.17) is 22.9 Å². The van der Waals surface area contributed by atoms with Gasteiger partial charge >= 0.3 is 12.1 Å². The Labute approximate surface area is 205 Å². The van der Waals surface area contributed by atoms with Crippen LogP contribution in [-0.2, 0) is 0 Å². The van der Waals surface area contributed by atoms with E-state index in [2.05, 4.69) is 31.1 Å². The molecule has 1 fully saturated rings. The van der Waals surface area contributed by atoms with Gasteiger partial charge in [0.15, 0.2) is 0 Å². The summed E-state index contributed by atoms with van der Waals surface area (Å²) in [6.45, 7) is 7.76. The SMILES string of the molecule is C.[C-]#[N+]c1ccc(NC(=O)Nc2cc(Cl)ccc2OCCCNC(=O)NC2CCCCC2)nc1. The van der Waals surface area contributed by atoms with Crippen LogP contribution in [0.1, 0.15) is 46.0 Å². The first kappa shape index (κ1) is 26.7. The highest BCUT2D eigenvalue weighted by Crippen LogP contribution is 2.28. The summed E-state index contributed by atoms with van der Waals surface area (Å²) in [5, 5.41) is 11.6. The molecule has 3 rings (SSSR count). The highest BCUT2D eigenvalue weighted by Gasteiger charge is 2.15. The third-order valence-corrected chi connectivity index (χ3v) is 5.35. The molecule has 0 saturated heterocycles. The van der Waals surface area contributed by atoms with Gasteiger partial charge in [-0.1, -0.05) is 44.4 Å². The Hall–Kier alpha value is -3.51. The monoisotopic (exact) mass is 486 g/mol. The topological polar surface area (TPSA) is 109 Å². The Bertz CT molecular complexity index is 987. The molecular formula is C24H31ClN6O3. The number of anilines is 2. The van der Waals surface area contributed by atoms with E-state index in [-0.39, 0.29) is 19.5 Å². The standard InChI is InChI=1S/C23H27ClN6O3.CH4/c1-25-18-9-11-21(27-15-18)30-23(32)29-19-14-16(24)8-10-20(19)33-13-5-12-26-22(31)28-17-6-3-2-4-7-17;/h8-11,14-15,17H,2-7,12-13H2,(H2,26,28,31)(H2,27,29,30,32);1H4. The molecule has 0 spiro atoms. The smallest absolute Gasteiger partial charge is 0.324 e. The van der Waals surface area contributed by atoms with Crippen molar-refractivity contribution in [3.8, 4) is 5.75 Å². The summed E-state index contributed by atoms with van der Waals surface area (Å²) >= 11 is 6.07. The highest BCUT2D eigenvalue weighted by molar-refractivity contribution is 6.31. The lowest BCUT2D eigenvalue weighted by atomic mass is 9.96. The molecule has 4 amide bonds. The van der Waals surface area contributed by atoms with Gasteiger partial charge in [0, 0.05) is 23.8 Å². The lowest BCUT2D eigenvalue weighted by Crippen LogP contribution is -2.43. The van der Waals surface area contributed by atoms with Crippen molar-refractivity contribution >= 4 is 40.9 Å². The van der Waals surface area contributed by atoms with E-state index in [0.29, 0.717) is 47.5 Å². The summed E-state index contributed by atoms with van der Waals surface area (Å²) in [6.07, 6.45) is 7.63. The van der Waals surface area contributed by atoms with Gasteiger partial charge in [-0.15, -0.1) is 0 Å². The number of amides is 4. The van der Waals surface area contributed by atoms with Crippen molar-refractivity contribution in [3.05, 3.63) is 53.0 Å². The second-order valence-corrected chi connectivity index (χ2v) is 8.11. The summed E-state index contributed by atoms with van der Waals surface area (Å²) in [6, 6.07) is 7.63. The molecule has 1 saturated carbocycles. The maximum atomic E-state index is 12.3.